The lowest BCUT2D eigenvalue weighted by Crippen LogP contribution is -2.32. The van der Waals surface area contributed by atoms with Crippen LogP contribution < -0.4 is 0 Å². The van der Waals surface area contributed by atoms with E-state index in [0.717, 1.165) is 17.0 Å². The van der Waals surface area contributed by atoms with E-state index in [1.165, 1.54) is 0 Å². The topological polar surface area (TPSA) is 49.5 Å². The molecule has 4 nitrogen and oxygen atoms in total. The molecule has 0 aliphatic carbocycles. The fraction of sp³-hybridized carbons (Fsp3) is 0.400. The number of aliphatic hydroxyl groups is 1. The van der Waals surface area contributed by atoms with Gasteiger partial charge in [0.25, 0.3) is 0 Å². The highest BCUT2D eigenvalue weighted by molar-refractivity contribution is 5.56. The van der Waals surface area contributed by atoms with Crippen LogP contribution in [0.1, 0.15) is 19.5 Å². The van der Waals surface area contributed by atoms with E-state index >= 15 is 0 Å². The fourth-order valence-corrected chi connectivity index (χ4v) is 1.98. The molecular weight excluding hydrogens is 240 g/mol. The van der Waals surface area contributed by atoms with Crippen molar-refractivity contribution in [1.29, 1.82) is 0 Å². The van der Waals surface area contributed by atoms with Crippen LogP contribution in [0.25, 0.3) is 11.3 Å². The van der Waals surface area contributed by atoms with Crippen molar-refractivity contribution in [2.45, 2.75) is 26.4 Å². The van der Waals surface area contributed by atoms with Crippen LogP contribution in [0.2, 0.25) is 0 Å². The zero-order valence-electron chi connectivity index (χ0n) is 11.4. The number of aliphatic hydroxyl groups excluding tert-OH is 1. The van der Waals surface area contributed by atoms with Gasteiger partial charge in [0.1, 0.15) is 0 Å². The lowest BCUT2D eigenvalue weighted by molar-refractivity contribution is 0.156. The normalized spacial score (nSPS) is 11.4. The van der Waals surface area contributed by atoms with E-state index < -0.39 is 0 Å². The Morgan fingerprint density at radius 3 is 2.63 bits per heavy atom. The molecular formula is C15H20N2O2. The minimum Gasteiger partial charge on any atom is -0.395 e. The minimum absolute atomic E-state index is 0.154. The van der Waals surface area contributed by atoms with Gasteiger partial charge >= 0.3 is 0 Å². The van der Waals surface area contributed by atoms with E-state index in [-0.39, 0.29) is 6.61 Å². The monoisotopic (exact) mass is 260 g/mol. The van der Waals surface area contributed by atoms with E-state index in [9.17, 15) is 0 Å². The summed E-state index contributed by atoms with van der Waals surface area (Å²) in [7, 11) is 0. The van der Waals surface area contributed by atoms with Gasteiger partial charge in [0.05, 0.1) is 12.3 Å². The van der Waals surface area contributed by atoms with Crippen molar-refractivity contribution in [2.24, 2.45) is 0 Å². The largest absolute Gasteiger partial charge is 0.395 e. The average molecular weight is 260 g/mol. The molecule has 0 radical (unpaired) electrons. The van der Waals surface area contributed by atoms with Crippen LogP contribution >= 0.6 is 0 Å². The number of hydrogen-bond donors (Lipinski definition) is 1. The Balaban J connectivity index is 2.09. The van der Waals surface area contributed by atoms with E-state index in [1.807, 2.05) is 36.4 Å². The SMILES string of the molecule is CC(C)N(CCO)Cc1cc(-c2ccccc2)on1. The summed E-state index contributed by atoms with van der Waals surface area (Å²) in [5, 5.41) is 13.2. The second-order valence-electron chi connectivity index (χ2n) is 4.84. The van der Waals surface area contributed by atoms with Gasteiger partial charge in [-0.2, -0.15) is 0 Å². The lowest BCUT2D eigenvalue weighted by Gasteiger charge is -2.24. The number of benzene rings is 1. The highest BCUT2D eigenvalue weighted by atomic mass is 16.5. The molecule has 0 saturated heterocycles. The molecule has 0 spiro atoms. The molecule has 2 aromatic rings. The highest BCUT2D eigenvalue weighted by Crippen LogP contribution is 2.20. The molecule has 0 saturated carbocycles. The Bertz CT molecular complexity index is 494. The molecule has 0 atom stereocenters. The van der Waals surface area contributed by atoms with Crippen LogP contribution in [0.15, 0.2) is 40.9 Å². The second-order valence-corrected chi connectivity index (χ2v) is 4.84. The number of hydrogen-bond acceptors (Lipinski definition) is 4. The van der Waals surface area contributed by atoms with Gasteiger partial charge in [-0.05, 0) is 13.8 Å². The third kappa shape index (κ3) is 3.66. The quantitative estimate of drug-likeness (QED) is 0.867. The molecule has 1 aromatic heterocycles. The van der Waals surface area contributed by atoms with Gasteiger partial charge in [0.15, 0.2) is 5.76 Å². The van der Waals surface area contributed by atoms with Crippen molar-refractivity contribution < 1.29 is 9.63 Å². The van der Waals surface area contributed by atoms with Crippen molar-refractivity contribution in [2.75, 3.05) is 13.2 Å². The van der Waals surface area contributed by atoms with Crippen LogP contribution in [-0.4, -0.2) is 34.4 Å². The summed E-state index contributed by atoms with van der Waals surface area (Å²) < 4.78 is 5.37. The van der Waals surface area contributed by atoms with Crippen molar-refractivity contribution in [3.63, 3.8) is 0 Å². The third-order valence-electron chi connectivity index (χ3n) is 3.10. The van der Waals surface area contributed by atoms with Crippen LogP contribution in [0, 0.1) is 0 Å². The maximum absolute atomic E-state index is 9.06. The van der Waals surface area contributed by atoms with Gasteiger partial charge in [-0.3, -0.25) is 4.90 Å². The summed E-state index contributed by atoms with van der Waals surface area (Å²) in [5.74, 6) is 0.781. The molecule has 0 amide bonds. The molecule has 0 unspecified atom stereocenters. The number of nitrogens with zero attached hydrogens (tertiary/aromatic N) is 2. The predicted octanol–water partition coefficient (Wildman–Crippen LogP) is 2.54. The maximum Gasteiger partial charge on any atom is 0.167 e. The summed E-state index contributed by atoms with van der Waals surface area (Å²) in [5.41, 5.74) is 1.92. The number of aromatic nitrogens is 1. The molecule has 102 valence electrons. The summed E-state index contributed by atoms with van der Waals surface area (Å²) in [6.07, 6.45) is 0. The smallest absolute Gasteiger partial charge is 0.167 e. The van der Waals surface area contributed by atoms with Gasteiger partial charge in [-0.1, -0.05) is 35.5 Å². The summed E-state index contributed by atoms with van der Waals surface area (Å²) in [4.78, 5) is 2.16. The van der Waals surface area contributed by atoms with Crippen LogP contribution in [0.4, 0.5) is 0 Å². The van der Waals surface area contributed by atoms with Crippen molar-refractivity contribution in [3.8, 4) is 11.3 Å². The second kappa shape index (κ2) is 6.50. The maximum atomic E-state index is 9.06. The van der Waals surface area contributed by atoms with Crippen LogP contribution in [0.5, 0.6) is 0 Å². The van der Waals surface area contributed by atoms with E-state index in [2.05, 4.69) is 23.9 Å². The molecule has 0 fully saturated rings. The number of rotatable bonds is 6. The Kier molecular flexibility index (Phi) is 4.71. The summed E-state index contributed by atoms with van der Waals surface area (Å²) in [6, 6.07) is 12.2. The average Bonchev–Trinajstić information content (AvgIpc) is 2.88. The first-order valence-corrected chi connectivity index (χ1v) is 6.56. The fourth-order valence-electron chi connectivity index (χ4n) is 1.98. The van der Waals surface area contributed by atoms with E-state index in [4.69, 9.17) is 9.63 Å². The van der Waals surface area contributed by atoms with Gasteiger partial charge in [-0.25, -0.2) is 0 Å². The Labute approximate surface area is 113 Å². The third-order valence-corrected chi connectivity index (χ3v) is 3.10. The molecule has 0 aliphatic rings. The van der Waals surface area contributed by atoms with Crippen LogP contribution in [0.3, 0.4) is 0 Å². The van der Waals surface area contributed by atoms with Gasteiger partial charge in [0.2, 0.25) is 0 Å². The van der Waals surface area contributed by atoms with Gasteiger partial charge in [0, 0.05) is 30.8 Å². The molecule has 0 aliphatic heterocycles. The molecule has 1 heterocycles. The molecule has 4 heteroatoms. The Morgan fingerprint density at radius 2 is 2.00 bits per heavy atom. The first-order valence-electron chi connectivity index (χ1n) is 6.56. The van der Waals surface area contributed by atoms with Crippen LogP contribution in [-0.2, 0) is 6.54 Å². The summed E-state index contributed by atoms with van der Waals surface area (Å²) >= 11 is 0. The highest BCUT2D eigenvalue weighted by Gasteiger charge is 2.13. The van der Waals surface area contributed by atoms with Crippen molar-refractivity contribution >= 4 is 0 Å². The van der Waals surface area contributed by atoms with Crippen molar-refractivity contribution in [1.82, 2.24) is 10.1 Å². The standard InChI is InChI=1S/C15H20N2O2/c1-12(2)17(8-9-18)11-14-10-15(19-16-14)13-6-4-3-5-7-13/h3-7,10,12,18H,8-9,11H2,1-2H3. The first kappa shape index (κ1) is 13.8. The first-order chi connectivity index (χ1) is 9.20. The van der Waals surface area contributed by atoms with Gasteiger partial charge < -0.3 is 9.63 Å². The summed E-state index contributed by atoms with van der Waals surface area (Å²) in [6.45, 7) is 5.70. The van der Waals surface area contributed by atoms with E-state index in [1.54, 1.807) is 0 Å². The molecule has 2 rings (SSSR count). The zero-order valence-corrected chi connectivity index (χ0v) is 11.4. The predicted molar refractivity (Wildman–Crippen MR) is 74.6 cm³/mol. The molecule has 19 heavy (non-hydrogen) atoms. The molecule has 0 bridgehead atoms. The minimum atomic E-state index is 0.154. The van der Waals surface area contributed by atoms with E-state index in [0.29, 0.717) is 19.1 Å². The Morgan fingerprint density at radius 1 is 1.26 bits per heavy atom. The zero-order chi connectivity index (χ0) is 13.7. The van der Waals surface area contributed by atoms with Gasteiger partial charge in [-0.15, -0.1) is 0 Å². The molecule has 1 aromatic carbocycles. The Hall–Kier alpha value is -1.65. The van der Waals surface area contributed by atoms with Crippen molar-refractivity contribution in [3.05, 3.63) is 42.1 Å². The molecule has 1 N–H and O–H groups in total. The lowest BCUT2D eigenvalue weighted by atomic mass is 10.1.